The summed E-state index contributed by atoms with van der Waals surface area (Å²) >= 11 is 10.0. The molecule has 22 nitrogen and oxygen atoms in total. The van der Waals surface area contributed by atoms with Gasteiger partial charge in [-0.1, -0.05) is 60.8 Å². The lowest BCUT2D eigenvalue weighted by molar-refractivity contribution is -0.231. The molecule has 6 aliphatic rings. The lowest BCUT2D eigenvalue weighted by Gasteiger charge is -2.39. The minimum atomic E-state index is -4.29. The molecule has 4 N–H and O–H groups in total. The van der Waals surface area contributed by atoms with E-state index in [4.69, 9.17) is 48.8 Å². The molecule has 4 unspecified atom stereocenters. The molecule has 1 spiro atoms. The van der Waals surface area contributed by atoms with Crippen molar-refractivity contribution in [1.29, 1.82) is 0 Å². The number of hydrogen-bond acceptors (Lipinski definition) is 19. The van der Waals surface area contributed by atoms with Crippen molar-refractivity contribution in [2.24, 2.45) is 0 Å². The summed E-state index contributed by atoms with van der Waals surface area (Å²) in [4.78, 5) is 51.0. The molecular weight excluding hydrogens is 891 g/mol. The standard InChI is InChI=1S/C36H32N10O12P2S2/c47-29(18-7-3-1-4-8-18)43-25-20-27(39-14-37-25)45(16-41-20)31-22-23-34(55-31,11-51-22)12-52-60(50,62)58-36-24-32(56-35(36,33(36)54-24)13-53-59(49,61)57-23)46-17-42-21-26(38-15-40-28(21)46)44-30(48)19-9-5-2-6-10-19/h1-10,14-17,22-24,29,31-33,47H,11-13H2,(H,49,61)(H,50,62)(H,37,39,43)(H,38,40,44,48)/t22-,23+,24+,29?,31-,32-,33?,34-,35+,36-,59?,60?/m1/s1. The van der Waals surface area contributed by atoms with E-state index in [1.54, 1.807) is 63.7 Å². The lowest BCUT2D eigenvalue weighted by atomic mass is 10.0. The van der Waals surface area contributed by atoms with Gasteiger partial charge in [-0.05, 0) is 23.9 Å². The second-order valence-corrected chi connectivity index (χ2v) is 21.1. The number of aliphatic hydroxyl groups is 1. The number of nitrogens with one attached hydrogen (secondary N) is 2. The Morgan fingerprint density at radius 2 is 1.53 bits per heavy atom. The van der Waals surface area contributed by atoms with E-state index in [1.807, 2.05) is 6.07 Å². The third kappa shape index (κ3) is 5.77. The number of aromatic nitrogens is 8. The van der Waals surface area contributed by atoms with E-state index in [2.05, 4.69) is 52.8 Å². The van der Waals surface area contributed by atoms with Crippen molar-refractivity contribution in [1.82, 2.24) is 39.0 Å². The van der Waals surface area contributed by atoms with Gasteiger partial charge in [-0.25, -0.2) is 34.5 Å². The molecule has 2 bridgehead atoms. The van der Waals surface area contributed by atoms with Crippen LogP contribution in [0.2, 0.25) is 0 Å². The first kappa shape index (κ1) is 39.2. The van der Waals surface area contributed by atoms with Crippen LogP contribution >= 0.6 is 25.8 Å². The zero-order valence-corrected chi connectivity index (χ0v) is 35.0. The van der Waals surface area contributed by atoms with Gasteiger partial charge >= 0.3 is 13.5 Å². The van der Waals surface area contributed by atoms with E-state index in [0.29, 0.717) is 22.3 Å². The number of ether oxygens (including phenoxy) is 4. The molecule has 0 radical (unpaired) electrons. The van der Waals surface area contributed by atoms with E-state index in [9.17, 15) is 19.4 Å². The first-order valence-corrected chi connectivity index (χ1v) is 24.4. The van der Waals surface area contributed by atoms with Crippen molar-refractivity contribution in [2.75, 3.05) is 30.5 Å². The van der Waals surface area contributed by atoms with Crippen LogP contribution in [0.5, 0.6) is 0 Å². The van der Waals surface area contributed by atoms with E-state index in [-0.39, 0.29) is 29.4 Å². The molecule has 5 aliphatic heterocycles. The molecule has 1 aliphatic carbocycles. The largest absolute Gasteiger partial charge is 0.387 e. The third-order valence-corrected chi connectivity index (χ3v) is 15.1. The van der Waals surface area contributed by atoms with Crippen LogP contribution in [0.4, 0.5) is 11.6 Å². The van der Waals surface area contributed by atoms with Crippen molar-refractivity contribution >= 4 is 77.4 Å². The van der Waals surface area contributed by atoms with Gasteiger partial charge in [0.2, 0.25) is 0 Å². The maximum atomic E-state index is 14.3. The number of fused-ring (bicyclic) bond motifs is 2. The second kappa shape index (κ2) is 13.8. The highest BCUT2D eigenvalue weighted by atomic mass is 32.7. The molecule has 1 amide bonds. The van der Waals surface area contributed by atoms with Crippen LogP contribution in [0.25, 0.3) is 22.3 Å². The third-order valence-electron chi connectivity index (χ3n) is 12.0. The Kier molecular flexibility index (Phi) is 8.75. The predicted octanol–water partition coefficient (Wildman–Crippen LogP) is 3.18. The molecule has 6 aromatic rings. The molecule has 62 heavy (non-hydrogen) atoms. The van der Waals surface area contributed by atoms with Gasteiger partial charge in [0.05, 0.1) is 32.5 Å². The van der Waals surface area contributed by atoms with Crippen molar-refractivity contribution in [3.05, 3.63) is 97.1 Å². The lowest BCUT2D eigenvalue weighted by Crippen LogP contribution is -2.51. The molecule has 4 aromatic heterocycles. The minimum absolute atomic E-state index is 0.113. The average molecular weight is 923 g/mol. The van der Waals surface area contributed by atoms with Gasteiger partial charge in [-0.15, -0.1) is 0 Å². The van der Waals surface area contributed by atoms with Crippen molar-refractivity contribution < 1.29 is 56.4 Å². The smallest absolute Gasteiger partial charge is 0.369 e. The van der Waals surface area contributed by atoms with Gasteiger partial charge in [0.25, 0.3) is 5.91 Å². The summed E-state index contributed by atoms with van der Waals surface area (Å²) in [6, 6.07) is 17.6. The highest BCUT2D eigenvalue weighted by molar-refractivity contribution is 8.44. The number of carbonyl (C=O) groups is 1. The summed E-state index contributed by atoms with van der Waals surface area (Å²) in [5.74, 6) is 0.0225. The number of benzene rings is 2. The fraction of sp³-hybridized carbons (Fsp3) is 0.361. The van der Waals surface area contributed by atoms with Gasteiger partial charge in [-0.2, -0.15) is 0 Å². The van der Waals surface area contributed by atoms with E-state index >= 15 is 0 Å². The molecule has 6 fully saturated rings. The average Bonchev–Trinajstić information content (AvgIpc) is 3.98. The van der Waals surface area contributed by atoms with Crippen LogP contribution in [-0.4, -0.2) is 116 Å². The van der Waals surface area contributed by atoms with E-state index < -0.39 is 92.5 Å². The number of carbonyl (C=O) groups excluding carboxylic acids is 1. The molecule has 9 heterocycles. The topological polar surface area (TPSA) is 260 Å². The van der Waals surface area contributed by atoms with Gasteiger partial charge in [-0.3, -0.25) is 27.5 Å². The van der Waals surface area contributed by atoms with Crippen LogP contribution in [0.3, 0.4) is 0 Å². The van der Waals surface area contributed by atoms with Crippen molar-refractivity contribution in [2.45, 2.75) is 59.9 Å². The molecule has 26 heteroatoms. The summed E-state index contributed by atoms with van der Waals surface area (Å²) in [5, 5.41) is 16.6. The number of aliphatic hydroxyl groups excluding tert-OH is 1. The van der Waals surface area contributed by atoms with Gasteiger partial charge in [0.15, 0.2) is 63.8 Å². The predicted molar refractivity (Wildman–Crippen MR) is 218 cm³/mol. The van der Waals surface area contributed by atoms with Crippen LogP contribution in [-0.2, 0) is 53.4 Å². The summed E-state index contributed by atoms with van der Waals surface area (Å²) in [5.41, 5.74) is -2.16. The quantitative estimate of drug-likeness (QED) is 0.0875. The SMILES string of the molecule is O=C(Nc1ncnc2c1ncn2[C@@H]1O[C@]23COP(O)(=S)O[C@H]4[C@H]5OC[C@]4(COP(=O)(S)O[C@]24C3O[C@@H]14)O[C@H]5n1cnc2c(NC(O)c3ccccc3)ncnc21)c1ccccc1. The summed E-state index contributed by atoms with van der Waals surface area (Å²) in [6.07, 6.45) is -1.32. The maximum Gasteiger partial charge on any atom is 0.387 e. The summed E-state index contributed by atoms with van der Waals surface area (Å²) < 4.78 is 67.7. The van der Waals surface area contributed by atoms with Crippen LogP contribution < -0.4 is 10.6 Å². The normalized spacial score (nSPS) is 37.3. The molecule has 320 valence electrons. The Hall–Kier alpha value is -4.36. The Bertz CT molecular complexity index is 2900. The first-order valence-electron chi connectivity index (χ1n) is 19.1. The minimum Gasteiger partial charge on any atom is -0.369 e. The molecule has 2 aromatic carbocycles. The number of imidazole rings is 2. The highest BCUT2D eigenvalue weighted by Crippen LogP contribution is 2.80. The number of nitrogens with zero attached hydrogens (tertiary/aromatic N) is 8. The van der Waals surface area contributed by atoms with Gasteiger partial charge in [0.1, 0.15) is 42.7 Å². The second-order valence-electron chi connectivity index (χ2n) is 15.4. The molecule has 5 saturated heterocycles. The summed E-state index contributed by atoms with van der Waals surface area (Å²) in [7, 11) is 0. The first-order chi connectivity index (χ1) is 29.9. The van der Waals surface area contributed by atoms with Crippen molar-refractivity contribution in [3.63, 3.8) is 0 Å². The highest BCUT2D eigenvalue weighted by Gasteiger charge is 2.98. The van der Waals surface area contributed by atoms with Crippen molar-refractivity contribution in [3.8, 4) is 0 Å². The van der Waals surface area contributed by atoms with Gasteiger partial charge in [0, 0.05) is 11.1 Å². The number of anilines is 2. The van der Waals surface area contributed by atoms with Crippen LogP contribution in [0.15, 0.2) is 86.0 Å². The molecule has 12 rings (SSSR count). The Morgan fingerprint density at radius 1 is 0.855 bits per heavy atom. The fourth-order valence-corrected chi connectivity index (χ4v) is 12.3. The van der Waals surface area contributed by atoms with Crippen LogP contribution in [0.1, 0.15) is 34.6 Å². The molecule has 12 atom stereocenters. The fourth-order valence-electron chi connectivity index (χ4n) is 9.08. The van der Waals surface area contributed by atoms with Gasteiger partial charge < -0.3 is 44.1 Å². The Labute approximate surface area is 359 Å². The monoisotopic (exact) mass is 922 g/mol. The Morgan fingerprint density at radius 3 is 2.27 bits per heavy atom. The van der Waals surface area contributed by atoms with Crippen LogP contribution in [0, 0.1) is 0 Å². The number of amides is 1. The Balaban J connectivity index is 0.817. The molecule has 1 saturated carbocycles. The number of thiol groups is 1. The van der Waals surface area contributed by atoms with E-state index in [0.717, 1.165) is 0 Å². The van der Waals surface area contributed by atoms with E-state index in [1.165, 1.54) is 25.3 Å². The zero-order chi connectivity index (χ0) is 42.2. The maximum absolute atomic E-state index is 14.3. The summed E-state index contributed by atoms with van der Waals surface area (Å²) in [6.45, 7) is -9.41. The number of rotatable bonds is 7. The number of hydrogen-bond donors (Lipinski definition) is 5. The molecular formula is C36H32N10O12P2S2. The zero-order valence-electron chi connectivity index (χ0n) is 31.6.